The first-order valence-corrected chi connectivity index (χ1v) is 9.37. The Morgan fingerprint density at radius 2 is 1.70 bits per heavy atom. The summed E-state index contributed by atoms with van der Waals surface area (Å²) < 4.78 is 72.2. The van der Waals surface area contributed by atoms with Crippen LogP contribution in [-0.4, -0.2) is 44.9 Å². The number of hydrogen-bond acceptors (Lipinski definition) is 4. The number of sulfonamides is 1. The molecule has 1 heterocycles. The summed E-state index contributed by atoms with van der Waals surface area (Å²) in [4.78, 5) is 12.0. The van der Waals surface area contributed by atoms with E-state index >= 15 is 0 Å². The molecule has 0 unspecified atom stereocenters. The van der Waals surface area contributed by atoms with Crippen molar-refractivity contribution in [1.82, 2.24) is 4.31 Å². The third-order valence-corrected chi connectivity index (χ3v) is 5.86. The van der Waals surface area contributed by atoms with E-state index in [1.807, 2.05) is 0 Å². The molecule has 2 aromatic rings. The van der Waals surface area contributed by atoms with Crippen molar-refractivity contribution in [3.8, 4) is 0 Å². The van der Waals surface area contributed by atoms with Gasteiger partial charge in [-0.15, -0.1) is 0 Å². The first-order valence-electron chi connectivity index (χ1n) is 7.93. The highest BCUT2D eigenvalue weighted by atomic mass is 32.2. The Hall–Kier alpha value is -2.43. The predicted octanol–water partition coefficient (Wildman–Crippen LogP) is 2.38. The van der Waals surface area contributed by atoms with E-state index in [1.165, 1.54) is 4.31 Å². The van der Waals surface area contributed by atoms with Crippen molar-refractivity contribution in [2.45, 2.75) is 4.90 Å². The zero-order chi connectivity index (χ0) is 19.6. The van der Waals surface area contributed by atoms with E-state index < -0.39 is 38.9 Å². The van der Waals surface area contributed by atoms with Crippen LogP contribution in [0.3, 0.4) is 0 Å². The predicted molar refractivity (Wildman–Crippen MR) is 90.3 cm³/mol. The second-order valence-electron chi connectivity index (χ2n) is 5.74. The minimum Gasteiger partial charge on any atom is -0.379 e. The average Bonchev–Trinajstić information content (AvgIpc) is 2.65. The average molecular weight is 400 g/mol. The second-order valence-corrected chi connectivity index (χ2v) is 7.67. The molecule has 0 spiro atoms. The minimum absolute atomic E-state index is 0.141. The number of halogens is 3. The number of anilines is 1. The monoisotopic (exact) mass is 400 g/mol. The number of morpholine rings is 1. The van der Waals surface area contributed by atoms with Crippen molar-refractivity contribution in [2.75, 3.05) is 31.6 Å². The summed E-state index contributed by atoms with van der Waals surface area (Å²) in [6, 6.07) is 5.25. The third kappa shape index (κ3) is 4.12. The van der Waals surface area contributed by atoms with Gasteiger partial charge in [0.2, 0.25) is 10.0 Å². The van der Waals surface area contributed by atoms with E-state index in [4.69, 9.17) is 4.74 Å². The Morgan fingerprint density at radius 3 is 2.37 bits per heavy atom. The van der Waals surface area contributed by atoms with E-state index in [0.29, 0.717) is 6.07 Å². The Kier molecular flexibility index (Phi) is 5.49. The van der Waals surface area contributed by atoms with E-state index in [0.717, 1.165) is 30.3 Å². The van der Waals surface area contributed by atoms with Gasteiger partial charge in [0.05, 0.1) is 29.4 Å². The Balaban J connectivity index is 1.89. The lowest BCUT2D eigenvalue weighted by Gasteiger charge is -2.26. The maximum absolute atomic E-state index is 14.1. The molecule has 0 radical (unpaired) electrons. The molecule has 144 valence electrons. The molecule has 0 bridgehead atoms. The Morgan fingerprint density at radius 1 is 1.00 bits per heavy atom. The number of nitrogens with zero attached hydrogens (tertiary/aromatic N) is 1. The van der Waals surface area contributed by atoms with Crippen LogP contribution in [0.1, 0.15) is 10.4 Å². The summed E-state index contributed by atoms with van der Waals surface area (Å²) >= 11 is 0. The van der Waals surface area contributed by atoms with Crippen LogP contribution in [0.25, 0.3) is 0 Å². The summed E-state index contributed by atoms with van der Waals surface area (Å²) in [5, 5.41) is 2.10. The van der Waals surface area contributed by atoms with Gasteiger partial charge in [-0.1, -0.05) is 0 Å². The fourth-order valence-corrected chi connectivity index (χ4v) is 3.99. The number of nitrogens with one attached hydrogen (secondary N) is 1. The van der Waals surface area contributed by atoms with Crippen LogP contribution < -0.4 is 5.32 Å². The fraction of sp³-hybridized carbons (Fsp3) is 0.235. The van der Waals surface area contributed by atoms with Gasteiger partial charge in [-0.3, -0.25) is 4.79 Å². The molecule has 1 aliphatic rings. The van der Waals surface area contributed by atoms with Crippen LogP contribution in [0.2, 0.25) is 0 Å². The smallest absolute Gasteiger partial charge is 0.258 e. The molecule has 0 atom stereocenters. The lowest BCUT2D eigenvalue weighted by Crippen LogP contribution is -2.40. The van der Waals surface area contributed by atoms with E-state index in [1.54, 1.807) is 0 Å². The van der Waals surface area contributed by atoms with Gasteiger partial charge in [0.1, 0.15) is 17.5 Å². The van der Waals surface area contributed by atoms with Gasteiger partial charge in [-0.2, -0.15) is 4.31 Å². The number of carbonyl (C=O) groups is 1. The number of carbonyl (C=O) groups excluding carboxylic acids is 1. The van der Waals surface area contributed by atoms with Gasteiger partial charge in [0, 0.05) is 19.2 Å². The number of ether oxygens (including phenoxy) is 1. The standard InChI is InChI=1S/C17H15F3N2O4S/c18-11-1-4-16(15(20)9-11)21-17(23)13-10-12(2-3-14(13)19)27(24,25)22-5-7-26-8-6-22/h1-4,9-10H,5-8H2,(H,21,23). The van der Waals surface area contributed by atoms with Gasteiger partial charge < -0.3 is 10.1 Å². The van der Waals surface area contributed by atoms with Crippen molar-refractivity contribution < 1.29 is 31.1 Å². The van der Waals surface area contributed by atoms with E-state index in [-0.39, 0.29) is 36.9 Å². The summed E-state index contributed by atoms with van der Waals surface area (Å²) in [6.07, 6.45) is 0. The van der Waals surface area contributed by atoms with Crippen molar-refractivity contribution in [1.29, 1.82) is 0 Å². The topological polar surface area (TPSA) is 75.7 Å². The summed E-state index contributed by atoms with van der Waals surface area (Å²) in [5.41, 5.74) is -0.935. The molecule has 6 nitrogen and oxygen atoms in total. The SMILES string of the molecule is O=C(Nc1ccc(F)cc1F)c1cc(S(=O)(=O)N2CCOCC2)ccc1F. The number of hydrogen-bond donors (Lipinski definition) is 1. The largest absolute Gasteiger partial charge is 0.379 e. The molecule has 10 heteroatoms. The highest BCUT2D eigenvalue weighted by Crippen LogP contribution is 2.22. The quantitative estimate of drug-likeness (QED) is 0.855. The molecule has 2 aromatic carbocycles. The first kappa shape index (κ1) is 19.3. The van der Waals surface area contributed by atoms with Crippen LogP contribution in [0.15, 0.2) is 41.3 Å². The maximum atomic E-state index is 14.1. The number of benzene rings is 2. The van der Waals surface area contributed by atoms with Gasteiger partial charge in [0.15, 0.2) is 0 Å². The lowest BCUT2D eigenvalue weighted by atomic mass is 10.2. The summed E-state index contributed by atoms with van der Waals surface area (Å²) in [7, 11) is -3.94. The Bertz CT molecular complexity index is 976. The molecule has 1 N–H and O–H groups in total. The van der Waals surface area contributed by atoms with Crippen LogP contribution in [0.5, 0.6) is 0 Å². The lowest BCUT2D eigenvalue weighted by molar-refractivity contribution is 0.0730. The van der Waals surface area contributed by atoms with E-state index in [2.05, 4.69) is 5.32 Å². The van der Waals surface area contributed by atoms with Crippen LogP contribution >= 0.6 is 0 Å². The van der Waals surface area contributed by atoms with Gasteiger partial charge in [-0.05, 0) is 30.3 Å². The zero-order valence-corrected chi connectivity index (χ0v) is 14.7. The molecule has 0 aliphatic carbocycles. The fourth-order valence-electron chi connectivity index (χ4n) is 2.56. The third-order valence-electron chi connectivity index (χ3n) is 3.97. The van der Waals surface area contributed by atoms with E-state index in [9.17, 15) is 26.4 Å². The second kappa shape index (κ2) is 7.67. The first-order chi connectivity index (χ1) is 12.8. The molecule has 1 fully saturated rings. The molecular formula is C17H15F3N2O4S. The minimum atomic E-state index is -3.94. The molecular weight excluding hydrogens is 385 g/mol. The van der Waals surface area contributed by atoms with Crippen LogP contribution in [0, 0.1) is 17.5 Å². The normalized spacial score (nSPS) is 15.5. The molecule has 1 aliphatic heterocycles. The number of amides is 1. The van der Waals surface area contributed by atoms with Crippen molar-refractivity contribution in [3.05, 3.63) is 59.4 Å². The number of rotatable bonds is 4. The van der Waals surface area contributed by atoms with Crippen LogP contribution in [-0.2, 0) is 14.8 Å². The molecule has 3 rings (SSSR count). The van der Waals surface area contributed by atoms with Crippen molar-refractivity contribution in [2.24, 2.45) is 0 Å². The molecule has 1 amide bonds. The maximum Gasteiger partial charge on any atom is 0.258 e. The van der Waals surface area contributed by atoms with Gasteiger partial charge in [0.25, 0.3) is 5.91 Å². The molecule has 27 heavy (non-hydrogen) atoms. The highest BCUT2D eigenvalue weighted by molar-refractivity contribution is 7.89. The summed E-state index contributed by atoms with van der Waals surface area (Å²) in [5.74, 6) is -3.91. The summed E-state index contributed by atoms with van der Waals surface area (Å²) in [6.45, 7) is 0.749. The Labute approximate surface area is 153 Å². The highest BCUT2D eigenvalue weighted by Gasteiger charge is 2.28. The molecule has 1 saturated heterocycles. The van der Waals surface area contributed by atoms with Crippen molar-refractivity contribution >= 4 is 21.6 Å². The zero-order valence-electron chi connectivity index (χ0n) is 13.9. The van der Waals surface area contributed by atoms with Gasteiger partial charge >= 0.3 is 0 Å². The van der Waals surface area contributed by atoms with Crippen LogP contribution in [0.4, 0.5) is 18.9 Å². The van der Waals surface area contributed by atoms with Crippen molar-refractivity contribution in [3.63, 3.8) is 0 Å². The molecule has 0 saturated carbocycles. The van der Waals surface area contributed by atoms with Gasteiger partial charge in [-0.25, -0.2) is 21.6 Å². The molecule has 0 aromatic heterocycles.